The Morgan fingerprint density at radius 2 is 1.54 bits per heavy atom. The van der Waals surface area contributed by atoms with Gasteiger partial charge in [-0.3, -0.25) is 38.3 Å². The Balaban J connectivity index is 0.000000287. The molecule has 35 heteroatoms. The molecule has 32 nitrogen and oxygen atoms in total. The molecule has 0 radical (unpaired) electrons. The number of imidazole rings is 1. The smallest absolute Gasteiger partial charge is 0.404 e. The highest BCUT2D eigenvalue weighted by atomic mass is 35.5. The summed E-state index contributed by atoms with van der Waals surface area (Å²) in [6.45, 7) is 10.6. The van der Waals surface area contributed by atoms with Crippen molar-refractivity contribution in [3.8, 4) is 5.75 Å². The number of carbonyl (C=O) groups excluding carboxylic acids is 4. The number of nitrogens with one attached hydrogen (secondary N) is 4. The number of carbonyl (C=O) groups is 4. The van der Waals surface area contributed by atoms with Crippen molar-refractivity contribution in [1.29, 1.82) is 0 Å². The molecule has 19 N–H and O–H groups in total. The number of nitrogens with two attached hydrogens (primary N) is 3. The number of amides is 3. The predicted molar refractivity (Wildman–Crippen MR) is 360 cm³/mol. The van der Waals surface area contributed by atoms with Crippen LogP contribution in [0, 0.1) is 11.3 Å². The number of hydrogen-bond acceptors (Lipinski definition) is 24. The molecule has 7 heterocycles. The van der Waals surface area contributed by atoms with Gasteiger partial charge in [0.25, 0.3) is 11.8 Å². The number of aliphatic hydroxyl groups is 7. The molecule has 1 unspecified atom stereocenters. The number of ether oxygens (including phenoxy) is 3. The van der Waals surface area contributed by atoms with Crippen LogP contribution in [0.3, 0.4) is 0 Å². The fraction of sp³-hybridized carbons (Fsp3) is 0.629. The van der Waals surface area contributed by atoms with E-state index >= 15 is 4.79 Å². The Morgan fingerprint density at radius 3 is 2.06 bits per heavy atom. The highest BCUT2D eigenvalue weighted by Crippen LogP contribution is 2.67. The molecule has 3 fully saturated rings. The van der Waals surface area contributed by atoms with E-state index in [1.54, 1.807) is 28.1 Å². The maximum Gasteiger partial charge on any atom is 0.404 e. The Morgan fingerprint density at radius 1 is 0.907 bits per heavy atom. The Hall–Kier alpha value is -6.38. The third-order valence-corrected chi connectivity index (χ3v) is 19.5. The Kier molecular flexibility index (Phi) is 27.6. The van der Waals surface area contributed by atoms with Crippen molar-refractivity contribution in [2.75, 3.05) is 118 Å². The van der Waals surface area contributed by atoms with Gasteiger partial charge in [0.15, 0.2) is 11.3 Å². The molecule has 1 saturated carbocycles. The molecule has 4 aromatic rings. The van der Waals surface area contributed by atoms with Gasteiger partial charge in [0.2, 0.25) is 5.82 Å². The topological polar surface area (TPSA) is 496 Å². The lowest BCUT2D eigenvalue weighted by Crippen LogP contribution is -2.81. The zero-order valence-corrected chi connectivity index (χ0v) is 58.1. The van der Waals surface area contributed by atoms with Gasteiger partial charge in [-0.05, 0) is 81.2 Å². The third-order valence-electron chi connectivity index (χ3n) is 19.1. The van der Waals surface area contributed by atoms with Gasteiger partial charge in [0.1, 0.15) is 29.5 Å². The summed E-state index contributed by atoms with van der Waals surface area (Å²) < 4.78 is 48.0. The standard InChI is InChI=1S/C43H55N5O7.C10H22Cl2N2O4.C6H10N6O.C3H7NO2.H2O4S/c1-6-39(52)21-25-22-42(38(51)55-5,33-27(13-17-47(23-25)24-39)26-11-8-9-12-30(26)45-33)29-19-28-31(20-32(29)54-4)46(3)35-41(28)15-18-48-16-10-14-40(7-2,34(41)48)36(49)43(35,53)37(44)50;11-1-3-13-5-7(15)9(17)10(18)8(16)6-14-4-2-12;1-12(2)11-10-6-4(5(7)13)8-3-9-6;1-2-6-3(4)5;1-5(2,3)4/h8-12,14,19-20,25,34-36,45,49,52-53H,6-7,13,15-18,21-24H2,1-5H3,(H2,44,50);7-10,13-18H,1-6H2;3H,1-2H3,(H2,7,13)(H,8,9);2H2,1H3,(H2,4,5);(H2,1,2,3,4)/t25-,34+,35-,36-,39+,40-,41-,42+,43+;7-,8-,9-,10-;;;/m11.../s1. The molecule has 14 atom stereocenters. The van der Waals surface area contributed by atoms with Crippen LogP contribution in [0.5, 0.6) is 5.75 Å². The number of alkyl halides is 2. The van der Waals surface area contributed by atoms with E-state index in [1.165, 1.54) is 18.4 Å². The number of methoxy groups -OCH3 is 2. The number of halogens is 2. The van der Waals surface area contributed by atoms with Gasteiger partial charge in [0.05, 0.1) is 51.0 Å². The molecular weight excluding hydrogens is 1330 g/mol. The second-order valence-corrected chi connectivity index (χ2v) is 26.7. The third kappa shape index (κ3) is 16.9. The number of anilines is 1. The maximum atomic E-state index is 15.2. The molecule has 2 saturated heterocycles. The number of aromatic amines is 2. The van der Waals surface area contributed by atoms with Crippen LogP contribution in [-0.2, 0) is 46.7 Å². The molecule has 2 aromatic heterocycles. The van der Waals surface area contributed by atoms with Gasteiger partial charge in [-0.1, -0.05) is 49.4 Å². The van der Waals surface area contributed by atoms with E-state index in [-0.39, 0.29) is 36.6 Å². The summed E-state index contributed by atoms with van der Waals surface area (Å²) in [7, 11) is 3.64. The summed E-state index contributed by atoms with van der Waals surface area (Å²) >= 11 is 10.9. The first kappa shape index (κ1) is 79.6. The van der Waals surface area contributed by atoms with Crippen molar-refractivity contribution in [3.05, 3.63) is 83.0 Å². The molecule has 6 aliphatic rings. The summed E-state index contributed by atoms with van der Waals surface area (Å²) in [5, 5.41) is 90.8. The zero-order chi connectivity index (χ0) is 72.2. The number of aromatic nitrogens is 3. The van der Waals surface area contributed by atoms with Gasteiger partial charge in [0, 0.05) is 136 Å². The number of aliphatic hydroxyl groups excluding tert-OH is 5. The summed E-state index contributed by atoms with van der Waals surface area (Å²) in [5.74, 6) is -0.641. The maximum absolute atomic E-state index is 15.2. The van der Waals surface area contributed by atoms with Crippen molar-refractivity contribution in [1.82, 2.24) is 40.4 Å². The lowest BCUT2D eigenvalue weighted by Gasteiger charge is -2.63. The van der Waals surface area contributed by atoms with E-state index < -0.39 is 98.3 Å². The van der Waals surface area contributed by atoms with Gasteiger partial charge >= 0.3 is 22.5 Å². The van der Waals surface area contributed by atoms with Crippen molar-refractivity contribution < 1.29 is 86.7 Å². The molecule has 2 aromatic carbocycles. The minimum atomic E-state index is -4.67. The summed E-state index contributed by atoms with van der Waals surface area (Å²) in [6.07, 6.45) is 1.20. The van der Waals surface area contributed by atoms with Crippen molar-refractivity contribution in [3.63, 3.8) is 0 Å². The van der Waals surface area contributed by atoms with Crippen molar-refractivity contribution in [2.45, 2.75) is 124 Å². The fourth-order valence-electron chi connectivity index (χ4n) is 15.2. The van der Waals surface area contributed by atoms with Crippen LogP contribution in [0.15, 0.2) is 65.2 Å². The number of para-hydroxylation sites is 1. The molecule has 5 aliphatic heterocycles. The number of rotatable bonds is 21. The number of nitrogens with zero attached hydrogens (tertiary/aromatic N) is 7. The van der Waals surface area contributed by atoms with E-state index in [4.69, 9.17) is 61.7 Å². The monoisotopic (exact) mass is 1430 g/mol. The van der Waals surface area contributed by atoms with Gasteiger partial charge in [-0.15, -0.1) is 28.3 Å². The van der Waals surface area contributed by atoms with E-state index in [0.717, 1.165) is 46.5 Å². The van der Waals surface area contributed by atoms with Crippen molar-refractivity contribution >= 4 is 79.9 Å². The summed E-state index contributed by atoms with van der Waals surface area (Å²) in [4.78, 5) is 66.0. The number of esters is 1. The fourth-order valence-corrected chi connectivity index (χ4v) is 15.5. The Bertz CT molecular complexity index is 3490. The quantitative estimate of drug-likeness (QED) is 0.0102. The predicted octanol–water partition coefficient (Wildman–Crippen LogP) is 0.337. The van der Waals surface area contributed by atoms with E-state index in [1.807, 2.05) is 62.2 Å². The average Bonchev–Trinajstić information content (AvgIpc) is 1.51. The Labute approximate surface area is 573 Å². The first-order chi connectivity index (χ1) is 45.7. The molecule has 97 heavy (non-hydrogen) atoms. The van der Waals surface area contributed by atoms with Crippen LogP contribution >= 0.6 is 23.2 Å². The molecule has 3 amide bonds. The molecule has 10 rings (SSSR count). The normalized spacial score (nSPS) is 28.0. The summed E-state index contributed by atoms with van der Waals surface area (Å²) in [5.41, 5.74) is 14.5. The zero-order valence-electron chi connectivity index (χ0n) is 55.8. The van der Waals surface area contributed by atoms with Crippen LogP contribution in [-0.4, -0.2) is 273 Å². The number of likely N-dealkylation sites (N-methyl/N-ethyl adjacent to an activating group) is 1. The number of fused-ring (bicyclic) bond motifs is 6. The lowest BCUT2D eigenvalue weighted by molar-refractivity contribution is -0.201. The van der Waals surface area contributed by atoms with Crippen LogP contribution < -0.4 is 37.5 Å². The summed E-state index contributed by atoms with van der Waals surface area (Å²) in [6, 6.07) is 11.0. The van der Waals surface area contributed by atoms with Crippen LogP contribution in [0.2, 0.25) is 0 Å². The van der Waals surface area contributed by atoms with Gasteiger partial charge in [-0.25, -0.2) is 9.78 Å². The number of H-pyrrole nitrogens is 2. The number of piperidine rings is 1. The first-order valence-corrected chi connectivity index (χ1v) is 34.2. The molecule has 1 aliphatic carbocycles. The largest absolute Gasteiger partial charge is 0.496 e. The minimum absolute atomic E-state index is 0.0790. The second-order valence-electron chi connectivity index (χ2n) is 25.1. The highest BCUT2D eigenvalue weighted by Gasteiger charge is 2.78. The second kappa shape index (κ2) is 33.7. The van der Waals surface area contributed by atoms with E-state index in [2.05, 4.69) is 68.3 Å². The average molecular weight is 1430 g/mol. The van der Waals surface area contributed by atoms with Crippen LogP contribution in [0.1, 0.15) is 85.7 Å². The van der Waals surface area contributed by atoms with E-state index in [0.29, 0.717) is 101 Å². The number of hydrogen-bond donors (Lipinski definition) is 16. The number of primary amides is 3. The molecule has 1 spiro atoms. The molecule has 542 valence electrons. The van der Waals surface area contributed by atoms with Gasteiger partial charge in [-0.2, -0.15) is 8.42 Å². The van der Waals surface area contributed by atoms with Crippen LogP contribution in [0.25, 0.3) is 10.9 Å². The number of benzene rings is 2. The van der Waals surface area contributed by atoms with Crippen LogP contribution in [0.4, 0.5) is 16.3 Å². The highest BCUT2D eigenvalue weighted by molar-refractivity contribution is 7.79. The first-order valence-electron chi connectivity index (χ1n) is 31.7. The minimum Gasteiger partial charge on any atom is -0.496 e. The van der Waals surface area contributed by atoms with Crippen molar-refractivity contribution in [2.24, 2.45) is 38.9 Å². The SMILES string of the molecule is CCOC(N)=O.CC[C@]1(O)C[C@H]2CN(CCc3c([nH]c4ccccc34)[C@@](C(=O)OC)(c3cc4c(cc3OC)N(C)[C@H]3[C@@](O)(C(N)=O)[C@H](O)[C@]5(CC)C=CCN6CC[C@]43[C@@H]65)C2)C1.CN(C)N=Nc1nc[nH]c1C(N)=O.O=S(=O)(O)O.O[C@@H]([C@H](O)[C@H](O)CNCCCl)[C@H](O)CNCCCl. The lowest BCUT2D eigenvalue weighted by atomic mass is 9.47. The molecular formula is C62H96Cl2N14O18S. The van der Waals surface area contributed by atoms with Gasteiger partial charge < -0.3 is 92.7 Å². The van der Waals surface area contributed by atoms with E-state index in [9.17, 15) is 50.1 Å². The molecule has 2 bridgehead atoms.